The molecule has 0 fully saturated rings. The Bertz CT molecular complexity index is 430. The van der Waals surface area contributed by atoms with Gasteiger partial charge in [-0.05, 0) is 6.07 Å². The fourth-order valence-electron chi connectivity index (χ4n) is 1.14. The lowest BCUT2D eigenvalue weighted by molar-refractivity contribution is 0.750. The number of thiol groups is 1. The molecule has 2 aromatic rings. The lowest BCUT2D eigenvalue weighted by atomic mass is 10.4. The standard InChI is InChI=1S/C7H9N5S/c1-11-6(9-10-7(11)13)5-3-4-8-12(5)2/h3-4H,1-2H3,(H,10,13). The summed E-state index contributed by atoms with van der Waals surface area (Å²) < 4.78 is 3.55. The lowest BCUT2D eigenvalue weighted by Gasteiger charge is -2.00. The summed E-state index contributed by atoms with van der Waals surface area (Å²) in [4.78, 5) is 0. The van der Waals surface area contributed by atoms with Crippen LogP contribution in [-0.4, -0.2) is 24.5 Å². The van der Waals surface area contributed by atoms with Crippen LogP contribution in [0.2, 0.25) is 0 Å². The second kappa shape index (κ2) is 2.88. The molecule has 0 bridgehead atoms. The topological polar surface area (TPSA) is 48.5 Å². The Labute approximate surface area is 80.8 Å². The van der Waals surface area contributed by atoms with Gasteiger partial charge in [-0.2, -0.15) is 5.10 Å². The number of hydrogen-bond donors (Lipinski definition) is 1. The third-order valence-corrected chi connectivity index (χ3v) is 2.29. The summed E-state index contributed by atoms with van der Waals surface area (Å²) in [6, 6.07) is 1.89. The molecule has 0 aliphatic heterocycles. The summed E-state index contributed by atoms with van der Waals surface area (Å²) in [5.41, 5.74) is 0.926. The Morgan fingerprint density at radius 3 is 2.54 bits per heavy atom. The van der Waals surface area contributed by atoms with Crippen LogP contribution in [0.1, 0.15) is 0 Å². The van der Waals surface area contributed by atoms with Gasteiger partial charge in [-0.25, -0.2) is 0 Å². The van der Waals surface area contributed by atoms with Gasteiger partial charge in [-0.1, -0.05) is 0 Å². The third kappa shape index (κ3) is 1.23. The van der Waals surface area contributed by atoms with E-state index in [-0.39, 0.29) is 0 Å². The summed E-state index contributed by atoms with van der Waals surface area (Å²) in [6.45, 7) is 0. The van der Waals surface area contributed by atoms with Crippen LogP contribution >= 0.6 is 12.6 Å². The van der Waals surface area contributed by atoms with Crippen LogP contribution in [0.25, 0.3) is 11.5 Å². The minimum Gasteiger partial charge on any atom is -0.304 e. The van der Waals surface area contributed by atoms with Crippen LogP contribution in [0.4, 0.5) is 0 Å². The van der Waals surface area contributed by atoms with E-state index in [1.54, 1.807) is 15.4 Å². The zero-order valence-corrected chi connectivity index (χ0v) is 8.23. The van der Waals surface area contributed by atoms with Crippen LogP contribution in [0.15, 0.2) is 17.4 Å². The zero-order chi connectivity index (χ0) is 9.42. The molecule has 13 heavy (non-hydrogen) atoms. The van der Waals surface area contributed by atoms with Crippen molar-refractivity contribution in [2.24, 2.45) is 14.1 Å². The van der Waals surface area contributed by atoms with Gasteiger partial charge >= 0.3 is 0 Å². The Balaban J connectivity index is 2.59. The van der Waals surface area contributed by atoms with Crippen LogP contribution < -0.4 is 0 Å². The first-order chi connectivity index (χ1) is 6.20. The maximum atomic E-state index is 4.14. The van der Waals surface area contributed by atoms with E-state index in [1.807, 2.05) is 20.2 Å². The molecule has 0 amide bonds. The molecule has 0 aliphatic carbocycles. The van der Waals surface area contributed by atoms with Crippen molar-refractivity contribution >= 4 is 12.6 Å². The molecule has 68 valence electrons. The van der Waals surface area contributed by atoms with Gasteiger partial charge in [-0.15, -0.1) is 22.8 Å². The molecular weight excluding hydrogens is 186 g/mol. The van der Waals surface area contributed by atoms with Crippen LogP contribution in [0, 0.1) is 0 Å². The molecule has 0 saturated heterocycles. The van der Waals surface area contributed by atoms with Gasteiger partial charge in [-0.3, -0.25) is 4.68 Å². The van der Waals surface area contributed by atoms with E-state index in [4.69, 9.17) is 0 Å². The molecule has 0 radical (unpaired) electrons. The number of aromatic nitrogens is 5. The first kappa shape index (κ1) is 8.31. The normalized spacial score (nSPS) is 10.7. The highest BCUT2D eigenvalue weighted by atomic mass is 32.1. The number of aryl methyl sites for hydroxylation is 1. The van der Waals surface area contributed by atoms with E-state index in [1.165, 1.54) is 0 Å². The van der Waals surface area contributed by atoms with Gasteiger partial charge in [0.15, 0.2) is 11.0 Å². The van der Waals surface area contributed by atoms with Crippen molar-refractivity contribution in [2.75, 3.05) is 0 Å². The smallest absolute Gasteiger partial charge is 0.188 e. The van der Waals surface area contributed by atoms with Gasteiger partial charge in [0.2, 0.25) is 0 Å². The van der Waals surface area contributed by atoms with Crippen LogP contribution in [0.3, 0.4) is 0 Å². The molecule has 2 heterocycles. The maximum Gasteiger partial charge on any atom is 0.188 e. The van der Waals surface area contributed by atoms with Crippen molar-refractivity contribution in [1.82, 2.24) is 24.5 Å². The summed E-state index contributed by atoms with van der Waals surface area (Å²) in [6.07, 6.45) is 1.72. The number of nitrogens with zero attached hydrogens (tertiary/aromatic N) is 5. The highest BCUT2D eigenvalue weighted by Gasteiger charge is 2.10. The molecule has 0 atom stereocenters. The van der Waals surface area contributed by atoms with E-state index in [9.17, 15) is 0 Å². The lowest BCUT2D eigenvalue weighted by Crippen LogP contribution is -1.99. The fraction of sp³-hybridized carbons (Fsp3) is 0.286. The second-order valence-corrected chi connectivity index (χ2v) is 3.12. The Hall–Kier alpha value is -1.30. The molecule has 0 N–H and O–H groups in total. The molecule has 0 saturated carbocycles. The fourth-order valence-corrected chi connectivity index (χ4v) is 1.28. The summed E-state index contributed by atoms with van der Waals surface area (Å²) >= 11 is 4.14. The summed E-state index contributed by atoms with van der Waals surface area (Å²) in [5, 5.41) is 12.5. The zero-order valence-electron chi connectivity index (χ0n) is 7.34. The van der Waals surface area contributed by atoms with E-state index in [0.29, 0.717) is 5.16 Å². The van der Waals surface area contributed by atoms with Gasteiger partial charge in [0.25, 0.3) is 0 Å². The molecule has 0 unspecified atom stereocenters. The SMILES string of the molecule is Cn1nccc1-c1nnc(S)n1C. The quantitative estimate of drug-likeness (QED) is 0.674. The van der Waals surface area contributed by atoms with Gasteiger partial charge in [0, 0.05) is 20.3 Å². The number of rotatable bonds is 1. The maximum absolute atomic E-state index is 4.14. The van der Waals surface area contributed by atoms with Gasteiger partial charge < -0.3 is 4.57 Å². The highest BCUT2D eigenvalue weighted by Crippen LogP contribution is 2.16. The Kier molecular flexibility index (Phi) is 1.84. The minimum absolute atomic E-state index is 0.594. The summed E-state index contributed by atoms with van der Waals surface area (Å²) in [5.74, 6) is 0.769. The monoisotopic (exact) mass is 195 g/mol. The average molecular weight is 195 g/mol. The molecule has 5 nitrogen and oxygen atoms in total. The van der Waals surface area contributed by atoms with Crippen LogP contribution in [0.5, 0.6) is 0 Å². The third-order valence-electron chi connectivity index (χ3n) is 1.90. The second-order valence-electron chi connectivity index (χ2n) is 2.72. The first-order valence-corrected chi connectivity index (χ1v) is 4.21. The minimum atomic E-state index is 0.594. The molecule has 2 aromatic heterocycles. The summed E-state index contributed by atoms with van der Waals surface area (Å²) in [7, 11) is 3.73. The molecule has 2 rings (SSSR count). The Morgan fingerprint density at radius 1 is 1.31 bits per heavy atom. The van der Waals surface area contributed by atoms with E-state index >= 15 is 0 Å². The van der Waals surface area contributed by atoms with E-state index in [2.05, 4.69) is 27.9 Å². The average Bonchev–Trinajstić information content (AvgIpc) is 2.62. The Morgan fingerprint density at radius 2 is 2.08 bits per heavy atom. The largest absolute Gasteiger partial charge is 0.304 e. The molecule has 0 spiro atoms. The molecule has 0 aromatic carbocycles. The van der Waals surface area contributed by atoms with Crippen molar-refractivity contribution in [3.63, 3.8) is 0 Å². The number of hydrogen-bond acceptors (Lipinski definition) is 4. The van der Waals surface area contributed by atoms with Crippen molar-refractivity contribution in [1.29, 1.82) is 0 Å². The predicted octanol–water partition coefficient (Wildman–Crippen LogP) is 0.504. The highest BCUT2D eigenvalue weighted by molar-refractivity contribution is 7.80. The van der Waals surface area contributed by atoms with Crippen molar-refractivity contribution in [2.45, 2.75) is 5.16 Å². The van der Waals surface area contributed by atoms with Gasteiger partial charge in [0.05, 0.1) is 0 Å². The van der Waals surface area contributed by atoms with Crippen LogP contribution in [-0.2, 0) is 14.1 Å². The molecule has 6 heteroatoms. The molecular formula is C7H9N5S. The predicted molar refractivity (Wildman–Crippen MR) is 50.5 cm³/mol. The van der Waals surface area contributed by atoms with E-state index < -0.39 is 0 Å². The van der Waals surface area contributed by atoms with Crippen molar-refractivity contribution < 1.29 is 0 Å². The van der Waals surface area contributed by atoms with Gasteiger partial charge in [0.1, 0.15) is 5.69 Å². The molecule has 0 aliphatic rings. The van der Waals surface area contributed by atoms with E-state index in [0.717, 1.165) is 11.5 Å². The van der Waals surface area contributed by atoms with Crippen molar-refractivity contribution in [3.8, 4) is 11.5 Å². The van der Waals surface area contributed by atoms with Crippen molar-refractivity contribution in [3.05, 3.63) is 12.3 Å². The first-order valence-electron chi connectivity index (χ1n) is 3.77.